The molecule has 1 aromatic heterocycles. The number of hydrogen-bond donors (Lipinski definition) is 1. The van der Waals surface area contributed by atoms with Crippen molar-refractivity contribution < 1.29 is 4.74 Å². The zero-order valence-corrected chi connectivity index (χ0v) is 13.3. The molecule has 1 saturated carbocycles. The zero-order chi connectivity index (χ0) is 14.9. The van der Waals surface area contributed by atoms with Gasteiger partial charge in [-0.2, -0.15) is 0 Å². The van der Waals surface area contributed by atoms with E-state index in [-0.39, 0.29) is 0 Å². The molecule has 1 N–H and O–H groups in total. The summed E-state index contributed by atoms with van der Waals surface area (Å²) < 4.78 is 5.37. The van der Waals surface area contributed by atoms with E-state index in [4.69, 9.17) is 4.74 Å². The van der Waals surface area contributed by atoms with Crippen molar-refractivity contribution in [3.8, 4) is 5.88 Å². The van der Waals surface area contributed by atoms with Gasteiger partial charge in [-0.25, -0.2) is 9.97 Å². The molecule has 0 amide bonds. The minimum absolute atomic E-state index is 0.628. The summed E-state index contributed by atoms with van der Waals surface area (Å²) in [6.07, 6.45) is 9.62. The first kappa shape index (κ1) is 16.0. The van der Waals surface area contributed by atoms with Gasteiger partial charge in [0.15, 0.2) is 0 Å². The molecule has 1 aliphatic carbocycles. The molecule has 1 aromatic rings. The minimum atomic E-state index is 0.628. The largest absolute Gasteiger partial charge is 0.478 e. The topological polar surface area (TPSA) is 50.3 Å². The van der Waals surface area contributed by atoms with E-state index in [0.29, 0.717) is 12.5 Å². The second-order valence-corrected chi connectivity index (χ2v) is 5.73. The molecule has 5 heteroatoms. The number of rotatable bonds is 8. The Kier molecular flexibility index (Phi) is 6.73. The number of nitrogens with one attached hydrogen (secondary N) is 1. The summed E-state index contributed by atoms with van der Waals surface area (Å²) in [7, 11) is 2.26. The second kappa shape index (κ2) is 8.82. The van der Waals surface area contributed by atoms with Crippen molar-refractivity contribution in [1.82, 2.24) is 14.9 Å². The predicted octanol–water partition coefficient (Wildman–Crippen LogP) is 2.94. The monoisotopic (exact) mass is 292 g/mol. The maximum absolute atomic E-state index is 5.37. The highest BCUT2D eigenvalue weighted by Crippen LogP contribution is 2.21. The summed E-state index contributed by atoms with van der Waals surface area (Å²) >= 11 is 0. The van der Waals surface area contributed by atoms with Crippen molar-refractivity contribution >= 4 is 5.82 Å². The molecule has 21 heavy (non-hydrogen) atoms. The zero-order valence-electron chi connectivity index (χ0n) is 13.3. The average molecular weight is 292 g/mol. The van der Waals surface area contributed by atoms with Gasteiger partial charge < -0.3 is 15.0 Å². The third-order valence-corrected chi connectivity index (χ3v) is 4.13. The van der Waals surface area contributed by atoms with Crippen LogP contribution in [0.5, 0.6) is 5.88 Å². The lowest BCUT2D eigenvalue weighted by atomic mass is 9.94. The molecule has 2 rings (SSSR count). The van der Waals surface area contributed by atoms with Crippen LogP contribution in [-0.2, 0) is 0 Å². The Morgan fingerprint density at radius 3 is 2.86 bits per heavy atom. The van der Waals surface area contributed by atoms with Crippen LogP contribution in [0.15, 0.2) is 12.4 Å². The van der Waals surface area contributed by atoms with Crippen LogP contribution in [0.1, 0.15) is 45.4 Å². The standard InChI is InChI=1S/C16H28N4O/c1-3-21-16-12-15(18-13-19-16)17-10-7-11-20(2)14-8-5-4-6-9-14/h12-14H,3-11H2,1-2H3,(H,17,18,19). The highest BCUT2D eigenvalue weighted by Gasteiger charge is 2.17. The molecular weight excluding hydrogens is 264 g/mol. The average Bonchev–Trinajstić information content (AvgIpc) is 2.53. The van der Waals surface area contributed by atoms with Gasteiger partial charge in [0.2, 0.25) is 5.88 Å². The molecule has 118 valence electrons. The van der Waals surface area contributed by atoms with Gasteiger partial charge in [-0.1, -0.05) is 19.3 Å². The smallest absolute Gasteiger partial charge is 0.218 e. The Bertz CT molecular complexity index is 407. The Labute approximate surface area is 128 Å². The molecule has 0 aromatic carbocycles. The fourth-order valence-electron chi connectivity index (χ4n) is 2.91. The van der Waals surface area contributed by atoms with Gasteiger partial charge in [0.25, 0.3) is 0 Å². The van der Waals surface area contributed by atoms with E-state index in [1.165, 1.54) is 32.1 Å². The van der Waals surface area contributed by atoms with Crippen LogP contribution in [0.2, 0.25) is 0 Å². The molecule has 1 fully saturated rings. The Balaban J connectivity index is 1.65. The lowest BCUT2D eigenvalue weighted by Crippen LogP contribution is -2.34. The summed E-state index contributed by atoms with van der Waals surface area (Å²) in [6.45, 7) is 4.65. The van der Waals surface area contributed by atoms with Crippen LogP contribution in [0, 0.1) is 0 Å². The number of anilines is 1. The highest BCUT2D eigenvalue weighted by molar-refractivity contribution is 5.36. The van der Waals surface area contributed by atoms with Crippen molar-refractivity contribution in [3.05, 3.63) is 12.4 Å². The number of aromatic nitrogens is 2. The molecule has 5 nitrogen and oxygen atoms in total. The first-order valence-corrected chi connectivity index (χ1v) is 8.18. The van der Waals surface area contributed by atoms with Gasteiger partial charge in [-0.15, -0.1) is 0 Å². The molecule has 0 atom stereocenters. The Morgan fingerprint density at radius 1 is 1.29 bits per heavy atom. The predicted molar refractivity (Wildman–Crippen MR) is 85.8 cm³/mol. The molecular formula is C16H28N4O. The van der Waals surface area contributed by atoms with E-state index >= 15 is 0 Å². The summed E-state index contributed by atoms with van der Waals surface area (Å²) in [4.78, 5) is 10.8. The van der Waals surface area contributed by atoms with Crippen LogP contribution in [0.3, 0.4) is 0 Å². The number of hydrogen-bond acceptors (Lipinski definition) is 5. The van der Waals surface area contributed by atoms with Gasteiger partial charge in [0.05, 0.1) is 6.61 Å². The van der Waals surface area contributed by atoms with Gasteiger partial charge in [0.1, 0.15) is 12.1 Å². The normalized spacial score (nSPS) is 16.1. The molecule has 1 aliphatic rings. The third kappa shape index (κ3) is 5.50. The van der Waals surface area contributed by atoms with E-state index < -0.39 is 0 Å². The fourth-order valence-corrected chi connectivity index (χ4v) is 2.91. The molecule has 0 aliphatic heterocycles. The van der Waals surface area contributed by atoms with Crippen molar-refractivity contribution in [2.75, 3.05) is 32.1 Å². The quantitative estimate of drug-likeness (QED) is 0.747. The van der Waals surface area contributed by atoms with Crippen LogP contribution in [0.4, 0.5) is 5.82 Å². The van der Waals surface area contributed by atoms with Crippen LogP contribution >= 0.6 is 0 Å². The van der Waals surface area contributed by atoms with E-state index in [0.717, 1.165) is 31.4 Å². The first-order valence-electron chi connectivity index (χ1n) is 8.18. The van der Waals surface area contributed by atoms with E-state index in [1.54, 1.807) is 6.33 Å². The lowest BCUT2D eigenvalue weighted by molar-refractivity contribution is 0.191. The van der Waals surface area contributed by atoms with E-state index in [1.807, 2.05) is 13.0 Å². The van der Waals surface area contributed by atoms with Crippen LogP contribution < -0.4 is 10.1 Å². The molecule has 0 unspecified atom stereocenters. The first-order chi connectivity index (χ1) is 10.3. The summed E-state index contributed by atoms with van der Waals surface area (Å²) in [5.74, 6) is 1.48. The lowest BCUT2D eigenvalue weighted by Gasteiger charge is -2.31. The number of nitrogens with zero attached hydrogens (tertiary/aromatic N) is 3. The van der Waals surface area contributed by atoms with Gasteiger partial charge >= 0.3 is 0 Å². The molecule has 0 spiro atoms. The number of ether oxygens (including phenoxy) is 1. The molecule has 0 bridgehead atoms. The molecule has 0 radical (unpaired) electrons. The Hall–Kier alpha value is -1.36. The third-order valence-electron chi connectivity index (χ3n) is 4.13. The highest BCUT2D eigenvalue weighted by atomic mass is 16.5. The van der Waals surface area contributed by atoms with Gasteiger partial charge in [-0.3, -0.25) is 0 Å². The van der Waals surface area contributed by atoms with Gasteiger partial charge in [-0.05, 0) is 39.8 Å². The molecule has 1 heterocycles. The second-order valence-electron chi connectivity index (χ2n) is 5.73. The van der Waals surface area contributed by atoms with Crippen molar-refractivity contribution in [2.24, 2.45) is 0 Å². The van der Waals surface area contributed by atoms with E-state index in [9.17, 15) is 0 Å². The molecule has 0 saturated heterocycles. The maximum Gasteiger partial charge on any atom is 0.218 e. The maximum atomic E-state index is 5.37. The van der Waals surface area contributed by atoms with Crippen molar-refractivity contribution in [2.45, 2.75) is 51.5 Å². The van der Waals surface area contributed by atoms with Crippen LogP contribution in [0.25, 0.3) is 0 Å². The summed E-state index contributed by atoms with van der Waals surface area (Å²) in [5.41, 5.74) is 0. The fraction of sp³-hybridized carbons (Fsp3) is 0.750. The Morgan fingerprint density at radius 2 is 2.10 bits per heavy atom. The van der Waals surface area contributed by atoms with Crippen LogP contribution in [-0.4, -0.2) is 47.7 Å². The van der Waals surface area contributed by atoms with E-state index in [2.05, 4.69) is 27.2 Å². The van der Waals surface area contributed by atoms with Crippen molar-refractivity contribution in [1.29, 1.82) is 0 Å². The SMILES string of the molecule is CCOc1cc(NCCCN(C)C2CCCCC2)ncn1. The van der Waals surface area contributed by atoms with Gasteiger partial charge in [0, 0.05) is 18.7 Å². The van der Waals surface area contributed by atoms with Crippen molar-refractivity contribution in [3.63, 3.8) is 0 Å². The summed E-state index contributed by atoms with van der Waals surface area (Å²) in [5, 5.41) is 3.34. The minimum Gasteiger partial charge on any atom is -0.478 e. The summed E-state index contributed by atoms with van der Waals surface area (Å²) in [6, 6.07) is 2.65.